The number of carbonyl (C=O) groups is 2. The van der Waals surface area contributed by atoms with E-state index < -0.39 is 11.8 Å². The number of halogens is 1. The Hall–Kier alpha value is -3.65. The van der Waals surface area contributed by atoms with Crippen LogP contribution in [0.4, 0.5) is 4.39 Å². The molecule has 8 heteroatoms. The third-order valence-electron chi connectivity index (χ3n) is 5.47. The van der Waals surface area contributed by atoms with Crippen LogP contribution in [0.25, 0.3) is 20.8 Å². The highest BCUT2D eigenvalue weighted by Crippen LogP contribution is 2.39. The minimum atomic E-state index is -1.04. The van der Waals surface area contributed by atoms with E-state index in [0.717, 1.165) is 22.4 Å². The number of Topliss-reactive ketones (excluding diaryl/α,β-unsaturated/α-hetero) is 1. The van der Waals surface area contributed by atoms with Gasteiger partial charge in [0.2, 0.25) is 0 Å². The Morgan fingerprint density at radius 2 is 1.94 bits per heavy atom. The van der Waals surface area contributed by atoms with Crippen LogP contribution < -0.4 is 4.74 Å². The van der Waals surface area contributed by atoms with Crippen LogP contribution in [0.1, 0.15) is 35.2 Å². The molecule has 0 saturated heterocycles. The molecule has 1 aliphatic carbocycles. The van der Waals surface area contributed by atoms with E-state index in [0.29, 0.717) is 34.9 Å². The van der Waals surface area contributed by atoms with Crippen LogP contribution in [0.3, 0.4) is 0 Å². The molecule has 1 saturated carbocycles. The number of carbonyl (C=O) groups excluding carboxylic acids is 1. The first-order valence-electron chi connectivity index (χ1n) is 10.5. The SMILES string of the molecule is O=C(Cc1ccc(Oc2ccnc3cc(-c4ccc(C(=O)O)cn4)sc23)c(F)c1)CC1CC1. The normalized spacial score (nSPS) is 13.2. The van der Waals surface area contributed by atoms with Crippen LogP contribution in [-0.2, 0) is 11.2 Å². The molecule has 6 nitrogen and oxygen atoms in total. The van der Waals surface area contributed by atoms with Gasteiger partial charge < -0.3 is 9.84 Å². The summed E-state index contributed by atoms with van der Waals surface area (Å²) >= 11 is 1.37. The fourth-order valence-electron chi connectivity index (χ4n) is 3.59. The number of fused-ring (bicyclic) bond motifs is 1. The molecule has 0 amide bonds. The number of ketones is 1. The molecule has 0 spiro atoms. The minimum absolute atomic E-state index is 0.0692. The van der Waals surface area contributed by atoms with Gasteiger partial charge in [-0.15, -0.1) is 11.3 Å². The second-order valence-electron chi connectivity index (χ2n) is 8.10. The van der Waals surface area contributed by atoms with Gasteiger partial charge in [0.05, 0.1) is 26.4 Å². The van der Waals surface area contributed by atoms with Crippen molar-refractivity contribution in [2.75, 3.05) is 0 Å². The molecule has 1 fully saturated rings. The van der Waals surface area contributed by atoms with Crippen LogP contribution in [0.15, 0.2) is 54.9 Å². The fraction of sp³-hybridized carbons (Fsp3) is 0.200. The van der Waals surface area contributed by atoms with E-state index in [-0.39, 0.29) is 23.5 Å². The molecule has 1 N–H and O–H groups in total. The highest BCUT2D eigenvalue weighted by molar-refractivity contribution is 7.22. The minimum Gasteiger partial charge on any atom is -0.478 e. The molecule has 0 bridgehead atoms. The zero-order chi connectivity index (χ0) is 22.9. The van der Waals surface area contributed by atoms with Gasteiger partial charge in [0.15, 0.2) is 11.6 Å². The monoisotopic (exact) mass is 462 g/mol. The van der Waals surface area contributed by atoms with Crippen LogP contribution in [0, 0.1) is 11.7 Å². The largest absolute Gasteiger partial charge is 0.478 e. The second-order valence-corrected chi connectivity index (χ2v) is 9.15. The number of pyridine rings is 2. The summed E-state index contributed by atoms with van der Waals surface area (Å²) in [5, 5.41) is 9.05. The fourth-order valence-corrected chi connectivity index (χ4v) is 4.63. The Bertz CT molecular complexity index is 1360. The van der Waals surface area contributed by atoms with Gasteiger partial charge in [-0.3, -0.25) is 14.8 Å². The number of carboxylic acids is 1. The molecule has 3 heterocycles. The molecule has 0 atom stereocenters. The Morgan fingerprint density at radius 3 is 2.64 bits per heavy atom. The summed E-state index contributed by atoms with van der Waals surface area (Å²) < 4.78 is 21.3. The number of nitrogens with zero attached hydrogens (tertiary/aromatic N) is 2. The van der Waals surface area contributed by atoms with Gasteiger partial charge in [-0.1, -0.05) is 6.07 Å². The average molecular weight is 463 g/mol. The van der Waals surface area contributed by atoms with Gasteiger partial charge in [-0.2, -0.15) is 0 Å². The van der Waals surface area contributed by atoms with E-state index in [4.69, 9.17) is 9.84 Å². The highest BCUT2D eigenvalue weighted by atomic mass is 32.1. The maximum Gasteiger partial charge on any atom is 0.337 e. The predicted molar refractivity (Wildman–Crippen MR) is 122 cm³/mol. The topological polar surface area (TPSA) is 89.4 Å². The summed E-state index contributed by atoms with van der Waals surface area (Å²) in [6.07, 6.45) is 5.92. The Morgan fingerprint density at radius 1 is 1.09 bits per heavy atom. The Balaban J connectivity index is 1.37. The second kappa shape index (κ2) is 8.71. The number of carboxylic acid groups (broad SMARTS) is 1. The first-order chi connectivity index (χ1) is 16.0. The number of hydrogen-bond donors (Lipinski definition) is 1. The van der Waals surface area contributed by atoms with Gasteiger partial charge in [-0.25, -0.2) is 9.18 Å². The van der Waals surface area contributed by atoms with E-state index in [1.807, 2.05) is 6.07 Å². The lowest BCUT2D eigenvalue weighted by molar-refractivity contribution is -0.118. The summed E-state index contributed by atoms with van der Waals surface area (Å²) in [4.78, 5) is 32.5. The number of aromatic carboxylic acids is 1. The third kappa shape index (κ3) is 4.75. The molecular weight excluding hydrogens is 443 g/mol. The van der Waals surface area contributed by atoms with Crippen molar-refractivity contribution in [1.82, 2.24) is 9.97 Å². The molecule has 3 aromatic heterocycles. The number of ether oxygens (including phenoxy) is 1. The summed E-state index contributed by atoms with van der Waals surface area (Å²) in [5.74, 6) is -0.394. The van der Waals surface area contributed by atoms with Gasteiger partial charge in [0.25, 0.3) is 0 Å². The van der Waals surface area contributed by atoms with Crippen LogP contribution in [-0.4, -0.2) is 26.8 Å². The molecule has 33 heavy (non-hydrogen) atoms. The number of thiophene rings is 1. The average Bonchev–Trinajstić information content (AvgIpc) is 3.49. The van der Waals surface area contributed by atoms with E-state index in [2.05, 4.69) is 9.97 Å². The molecule has 166 valence electrons. The smallest absolute Gasteiger partial charge is 0.337 e. The lowest BCUT2D eigenvalue weighted by atomic mass is 10.0. The number of rotatable bonds is 8. The van der Waals surface area contributed by atoms with Gasteiger partial charge in [0.1, 0.15) is 11.5 Å². The summed E-state index contributed by atoms with van der Waals surface area (Å²) in [5.41, 5.74) is 2.02. The first kappa shape index (κ1) is 21.2. The van der Waals surface area contributed by atoms with E-state index in [1.54, 1.807) is 30.5 Å². The molecule has 0 radical (unpaired) electrons. The molecule has 0 aliphatic heterocycles. The molecular formula is C25H19FN2O4S. The van der Waals surface area contributed by atoms with Crippen molar-refractivity contribution in [1.29, 1.82) is 0 Å². The third-order valence-corrected chi connectivity index (χ3v) is 6.63. The van der Waals surface area contributed by atoms with E-state index in [1.165, 1.54) is 29.7 Å². The van der Waals surface area contributed by atoms with Crippen LogP contribution in [0.5, 0.6) is 11.5 Å². The van der Waals surface area contributed by atoms with E-state index in [9.17, 15) is 14.0 Å². The maximum atomic E-state index is 14.7. The Kier molecular flexibility index (Phi) is 5.60. The first-order valence-corrected chi connectivity index (χ1v) is 11.3. The highest BCUT2D eigenvalue weighted by Gasteiger charge is 2.24. The van der Waals surface area contributed by atoms with Gasteiger partial charge in [0, 0.05) is 31.3 Å². The van der Waals surface area contributed by atoms with Crippen molar-refractivity contribution < 1.29 is 23.8 Å². The lowest BCUT2D eigenvalue weighted by Gasteiger charge is -2.09. The molecule has 5 rings (SSSR count). The van der Waals surface area contributed by atoms with Crippen molar-refractivity contribution in [2.45, 2.75) is 25.7 Å². The summed E-state index contributed by atoms with van der Waals surface area (Å²) in [7, 11) is 0. The van der Waals surface area contributed by atoms with Gasteiger partial charge >= 0.3 is 5.97 Å². The zero-order valence-corrected chi connectivity index (χ0v) is 18.3. The Labute approximate surface area is 192 Å². The number of hydrogen-bond acceptors (Lipinski definition) is 6. The quantitative estimate of drug-likeness (QED) is 0.351. The molecule has 4 aromatic rings. The summed E-state index contributed by atoms with van der Waals surface area (Å²) in [6, 6.07) is 11.2. The molecule has 1 aliphatic rings. The standard InChI is InChI=1S/C25H19FN2O4S/c26-18-11-15(10-17(29)9-14-1-2-14)3-6-21(18)32-22-7-8-27-20-12-23(33-24(20)22)19-5-4-16(13-28-19)25(30)31/h3-8,11-14H,1-2,9-10H2,(H,30,31). The zero-order valence-electron chi connectivity index (χ0n) is 17.5. The van der Waals surface area contributed by atoms with Crippen molar-refractivity contribution in [3.63, 3.8) is 0 Å². The summed E-state index contributed by atoms with van der Waals surface area (Å²) in [6.45, 7) is 0. The number of aromatic nitrogens is 2. The van der Waals surface area contributed by atoms with Crippen molar-refractivity contribution in [3.05, 3.63) is 71.8 Å². The van der Waals surface area contributed by atoms with Crippen LogP contribution in [0.2, 0.25) is 0 Å². The molecule has 1 aromatic carbocycles. The van der Waals surface area contributed by atoms with Crippen molar-refractivity contribution in [2.24, 2.45) is 5.92 Å². The van der Waals surface area contributed by atoms with Gasteiger partial charge in [-0.05, 0) is 54.7 Å². The van der Waals surface area contributed by atoms with E-state index >= 15 is 0 Å². The predicted octanol–water partition coefficient (Wildman–Crippen LogP) is 5.90. The molecule has 0 unspecified atom stereocenters. The van der Waals surface area contributed by atoms with Crippen LogP contribution >= 0.6 is 11.3 Å². The van der Waals surface area contributed by atoms with Crippen molar-refractivity contribution >= 4 is 33.3 Å². The van der Waals surface area contributed by atoms with Crippen molar-refractivity contribution in [3.8, 4) is 22.1 Å². The number of benzene rings is 1. The maximum absolute atomic E-state index is 14.7. The lowest BCUT2D eigenvalue weighted by Crippen LogP contribution is -2.04.